The standard InChI is InChI=1S/C24H26N6O5.C23H26N6O4.C21H22N6O4.C19H19N7O4/c31-21-6-5-20-27-30(21)14-16-3-1-4-17(13-16)23(32)26-19-15-29(18-7-11-34-12-8-18)28-22(19)24(33)25-9-2-10-35-20;1-23(2,3)29-14-17-20(27-29)22(32)24-10-5-11-33-18-8-9-19(30)28(26-18)13-15-6-4-7-16(12-15)21(31)25-17;1-26-13-16-19(25-26)21(30)22-9-2-3-10-31-17-7-8-18(28)27(24-17)12-14-5-4-6-15(11-14)20(29)23-16;1-25-11-14-17(24-25)19(29)20-8-3-9-30-15-6-7-16(27)26(23-15)10-12-4-2-5-13(21-12)18(28)22-14/h1,3-6,13,15,18H,2,7-12,14H2,(H,25,33)(H,26,32);4,6-9,12,14H,5,10-11,13H2,1-3H3,(H,24,32)(H,25,31);4-8,11,13H,2-3,9-10,12H2,1H3,(H,22,30)(H,23,29);2,4-7,11H,3,8-10H2,1H3,(H,20,29)(H,22,28). The molecule has 8 amide bonds. The lowest BCUT2D eigenvalue weighted by Crippen LogP contribution is -2.28. The molecule has 668 valence electrons. The van der Waals surface area contributed by atoms with Crippen molar-refractivity contribution in [2.45, 2.75) is 103 Å². The lowest BCUT2D eigenvalue weighted by atomic mass is 10.1. The SMILES string of the molecule is CC(C)(C)n1cc2c(n1)C(=O)NCCCOc1ccc(=O)n(n1)Cc1cccc(c1)C(=O)N2.Cn1cc2c(n1)C(=O)NCCCCOc1ccc(=O)n(n1)Cc1cccc(c1)C(=O)N2.Cn1cc2c(n1)C(=O)NCCCOc1ccc(=O)n(n1)Cc1cccc(n1)C(=O)N2.O=C1Nc2cn(C3CCOCC3)nc2C(=O)NCCCOc2ccc(=O)n(n2)Cc2cccc1c2. The summed E-state index contributed by atoms with van der Waals surface area (Å²) < 4.78 is 39.4. The molecule has 42 heteroatoms. The number of hydrogen-bond acceptors (Lipinski definition) is 26. The molecule has 0 atom stereocenters. The van der Waals surface area contributed by atoms with Crippen molar-refractivity contribution in [1.82, 2.24) is 104 Å². The van der Waals surface area contributed by atoms with Crippen LogP contribution in [0.5, 0.6) is 23.5 Å². The molecule has 1 saturated heterocycles. The molecule has 16 bridgehead atoms. The Balaban J connectivity index is 0.000000139. The number of aryl methyl sites for hydroxylation is 2. The Morgan fingerprint density at radius 2 is 0.698 bits per heavy atom. The van der Waals surface area contributed by atoms with E-state index in [0.29, 0.717) is 155 Å². The number of aromatic nitrogens is 17. The van der Waals surface area contributed by atoms with Crippen molar-refractivity contribution in [2.24, 2.45) is 14.1 Å². The quantitative estimate of drug-likeness (QED) is 0.107. The van der Waals surface area contributed by atoms with Gasteiger partial charge in [0, 0.05) is 143 Å². The van der Waals surface area contributed by atoms with E-state index in [1.165, 1.54) is 76.6 Å². The molecule has 42 nitrogen and oxygen atoms in total. The maximum absolute atomic E-state index is 13.1. The summed E-state index contributed by atoms with van der Waals surface area (Å²) in [5.41, 5.74) is 4.24. The first kappa shape index (κ1) is 89.4. The van der Waals surface area contributed by atoms with Crippen LogP contribution in [0, 0.1) is 0 Å². The number of rotatable bonds is 1. The molecule has 5 aliphatic rings. The highest BCUT2D eigenvalue weighted by Crippen LogP contribution is 2.28. The minimum atomic E-state index is -0.499. The Labute approximate surface area is 734 Å². The van der Waals surface area contributed by atoms with Crippen LogP contribution in [-0.4, -0.2) is 196 Å². The third-order valence-corrected chi connectivity index (χ3v) is 20.2. The minimum absolute atomic E-state index is 0.0787. The van der Waals surface area contributed by atoms with Crippen LogP contribution in [-0.2, 0) is 50.6 Å². The zero-order valence-corrected chi connectivity index (χ0v) is 71.1. The van der Waals surface area contributed by atoms with Crippen molar-refractivity contribution < 1.29 is 62.0 Å². The number of amides is 8. The first-order valence-electron chi connectivity index (χ1n) is 41.6. The Morgan fingerprint density at radius 3 is 1.12 bits per heavy atom. The van der Waals surface area contributed by atoms with Crippen molar-refractivity contribution in [2.75, 3.05) is 87.1 Å². The van der Waals surface area contributed by atoms with Crippen molar-refractivity contribution >= 4 is 70.0 Å². The van der Waals surface area contributed by atoms with Gasteiger partial charge >= 0.3 is 0 Å². The number of ether oxygens (including phenoxy) is 5. The summed E-state index contributed by atoms with van der Waals surface area (Å²) in [5, 5.41) is 56.5. The van der Waals surface area contributed by atoms with Crippen LogP contribution in [0.2, 0.25) is 0 Å². The second kappa shape index (κ2) is 41.3. The van der Waals surface area contributed by atoms with Crippen LogP contribution < -0.4 is 83.7 Å². The van der Waals surface area contributed by atoms with Crippen molar-refractivity contribution in [3.8, 4) is 23.5 Å². The maximum atomic E-state index is 13.1. The predicted octanol–water partition coefficient (Wildman–Crippen LogP) is 4.98. The smallest absolute Gasteiger partial charge is 0.274 e. The molecule has 0 spiro atoms. The number of nitrogens with zero attached hydrogens (tertiary/aromatic N) is 17. The van der Waals surface area contributed by atoms with Gasteiger partial charge in [-0.2, -0.15) is 20.4 Å². The topological polar surface area (TPSA) is 503 Å². The zero-order valence-electron chi connectivity index (χ0n) is 71.1. The average Bonchev–Trinajstić information content (AvgIpc) is 1.65. The van der Waals surface area contributed by atoms with Crippen molar-refractivity contribution in [3.63, 3.8) is 0 Å². The average molecular weight is 1760 g/mol. The summed E-state index contributed by atoms with van der Waals surface area (Å²) >= 11 is 0. The summed E-state index contributed by atoms with van der Waals surface area (Å²) in [7, 11) is 3.34. The van der Waals surface area contributed by atoms with Crippen LogP contribution in [0.15, 0.2) is 183 Å². The molecule has 0 saturated carbocycles. The highest BCUT2D eigenvalue weighted by atomic mass is 16.5. The summed E-state index contributed by atoms with van der Waals surface area (Å²) in [6.07, 6.45) is 11.0. The van der Waals surface area contributed by atoms with Crippen LogP contribution in [0.3, 0.4) is 0 Å². The third kappa shape index (κ3) is 23.8. The fraction of sp³-hybridized carbons (Fsp3) is 0.322. The number of benzene rings is 3. The lowest BCUT2D eigenvalue weighted by Gasteiger charge is -2.22. The van der Waals surface area contributed by atoms with Gasteiger partial charge in [0.2, 0.25) is 23.5 Å². The monoisotopic (exact) mass is 1760 g/mol. The first-order valence-corrected chi connectivity index (χ1v) is 41.6. The summed E-state index contributed by atoms with van der Waals surface area (Å²) in [6.45, 7) is 10.5. The lowest BCUT2D eigenvalue weighted by molar-refractivity contribution is 0.0660. The molecule has 129 heavy (non-hydrogen) atoms. The van der Waals surface area contributed by atoms with E-state index in [1.54, 1.807) is 127 Å². The van der Waals surface area contributed by atoms with E-state index in [0.717, 1.165) is 29.5 Å². The number of anilines is 4. The van der Waals surface area contributed by atoms with E-state index in [4.69, 9.17) is 23.7 Å². The van der Waals surface area contributed by atoms with Crippen LogP contribution in [0.25, 0.3) is 0 Å². The third-order valence-electron chi connectivity index (χ3n) is 20.2. The second-order valence-corrected chi connectivity index (χ2v) is 31.1. The van der Waals surface area contributed by atoms with Gasteiger partial charge in [0.05, 0.1) is 92.6 Å². The molecule has 1 fully saturated rings. The highest BCUT2D eigenvalue weighted by Gasteiger charge is 2.29. The molecule has 14 heterocycles. The molecule has 5 aliphatic heterocycles. The Bertz CT molecular complexity index is 6420. The minimum Gasteiger partial charge on any atom is -0.477 e. The zero-order chi connectivity index (χ0) is 90.7. The van der Waals surface area contributed by atoms with Crippen molar-refractivity contribution in [1.29, 1.82) is 0 Å². The highest BCUT2D eigenvalue weighted by molar-refractivity contribution is 6.11. The Kier molecular flexibility index (Phi) is 28.6. The van der Waals surface area contributed by atoms with E-state index < -0.39 is 17.7 Å². The molecule has 0 radical (unpaired) electrons. The van der Waals surface area contributed by atoms with Crippen LogP contribution in [0.1, 0.15) is 178 Å². The Hall–Kier alpha value is -15.9. The number of nitrogens with one attached hydrogen (secondary N) is 8. The first-order chi connectivity index (χ1) is 62.2. The number of fused-ring (bicyclic) bond motifs is 20. The predicted molar refractivity (Wildman–Crippen MR) is 465 cm³/mol. The number of pyridine rings is 1. The van der Waals surface area contributed by atoms with Gasteiger partial charge in [0.25, 0.3) is 69.5 Å². The molecule has 0 aliphatic carbocycles. The molecule has 9 aromatic heterocycles. The fourth-order valence-electron chi connectivity index (χ4n) is 13.6. The van der Waals surface area contributed by atoms with Gasteiger partial charge in [-0.1, -0.05) is 42.5 Å². The molecule has 0 unspecified atom stereocenters. The Morgan fingerprint density at radius 1 is 0.341 bits per heavy atom. The van der Waals surface area contributed by atoms with Gasteiger partial charge in [0.1, 0.15) is 5.69 Å². The van der Waals surface area contributed by atoms with E-state index in [-0.39, 0.29) is 130 Å². The van der Waals surface area contributed by atoms with Gasteiger partial charge < -0.3 is 66.2 Å². The van der Waals surface area contributed by atoms with Crippen LogP contribution in [0.4, 0.5) is 22.7 Å². The molecule has 12 aromatic rings. The maximum Gasteiger partial charge on any atom is 0.274 e. The number of carbonyl (C=O) groups is 8. The van der Waals surface area contributed by atoms with E-state index in [1.807, 2.05) is 32.9 Å². The van der Waals surface area contributed by atoms with E-state index >= 15 is 0 Å². The van der Waals surface area contributed by atoms with Gasteiger partial charge in [0.15, 0.2) is 22.8 Å². The van der Waals surface area contributed by atoms with E-state index in [2.05, 4.69) is 88.3 Å². The molecular formula is C87H93N25O17. The molecule has 17 rings (SSSR count). The van der Waals surface area contributed by atoms with Gasteiger partial charge in [-0.15, -0.1) is 20.4 Å². The number of hydrogen-bond donors (Lipinski definition) is 8. The van der Waals surface area contributed by atoms with Crippen LogP contribution >= 0.6 is 0 Å². The fourth-order valence-corrected chi connectivity index (χ4v) is 13.6. The summed E-state index contributed by atoms with van der Waals surface area (Å²) in [6, 6.07) is 37.3. The molecule has 3 aromatic carbocycles. The molecule has 8 N–H and O–H groups in total. The normalized spacial score (nSPS) is 15.6. The van der Waals surface area contributed by atoms with Gasteiger partial charge in [-0.05, 0) is 131 Å². The van der Waals surface area contributed by atoms with Gasteiger partial charge in [-0.25, -0.2) is 23.7 Å². The van der Waals surface area contributed by atoms with Gasteiger partial charge in [-0.3, -0.25) is 76.3 Å². The van der Waals surface area contributed by atoms with E-state index in [9.17, 15) is 57.5 Å². The number of carbonyl (C=O) groups excluding carboxylic acids is 8. The summed E-state index contributed by atoms with van der Waals surface area (Å²) in [5.74, 6) is -1.95. The second-order valence-electron chi connectivity index (χ2n) is 31.1. The van der Waals surface area contributed by atoms with Crippen molar-refractivity contribution in [3.05, 3.63) is 273 Å². The summed E-state index contributed by atoms with van der Waals surface area (Å²) in [4.78, 5) is 156. The largest absolute Gasteiger partial charge is 0.477 e. The molecular weight excluding hydrogens is 1670 g/mol.